The lowest BCUT2D eigenvalue weighted by Gasteiger charge is -2.45. The highest BCUT2D eigenvalue weighted by Gasteiger charge is 2.36. The van der Waals surface area contributed by atoms with Gasteiger partial charge in [-0.3, -0.25) is 0 Å². The van der Waals surface area contributed by atoms with Gasteiger partial charge in [-0.2, -0.15) is 0 Å². The zero-order valence-electron chi connectivity index (χ0n) is 14.7. The molecule has 3 heteroatoms. The Balaban J connectivity index is 1.87. The Hall–Kier alpha value is -0.120. The first-order chi connectivity index (χ1) is 9.95. The minimum atomic E-state index is 0.447. The normalized spacial score (nSPS) is 25.1. The van der Waals surface area contributed by atoms with Crippen LogP contribution in [0.2, 0.25) is 0 Å². The van der Waals surface area contributed by atoms with Crippen LogP contribution in [0.4, 0.5) is 0 Å². The van der Waals surface area contributed by atoms with Crippen LogP contribution in [-0.2, 0) is 4.74 Å². The first kappa shape index (κ1) is 17.2. The molecule has 0 aromatic heterocycles. The third kappa shape index (κ3) is 4.94. The molecule has 3 nitrogen and oxygen atoms in total. The summed E-state index contributed by atoms with van der Waals surface area (Å²) in [5.41, 5.74) is 0.926. The van der Waals surface area contributed by atoms with Gasteiger partial charge >= 0.3 is 0 Å². The van der Waals surface area contributed by atoms with Crippen LogP contribution in [0, 0.1) is 16.7 Å². The van der Waals surface area contributed by atoms with Crippen LogP contribution in [0.15, 0.2) is 0 Å². The van der Waals surface area contributed by atoms with Crippen LogP contribution < -0.4 is 5.32 Å². The lowest BCUT2D eigenvalue weighted by molar-refractivity contribution is -0.0132. The Kier molecular flexibility index (Phi) is 6.10. The summed E-state index contributed by atoms with van der Waals surface area (Å²) in [6, 6.07) is 0. The maximum absolute atomic E-state index is 5.61. The highest BCUT2D eigenvalue weighted by Crippen LogP contribution is 2.36. The topological polar surface area (TPSA) is 24.5 Å². The molecule has 0 aromatic carbocycles. The number of nitrogens with zero attached hydrogens (tertiary/aromatic N) is 1. The van der Waals surface area contributed by atoms with Crippen molar-refractivity contribution in [3.8, 4) is 0 Å². The molecule has 0 unspecified atom stereocenters. The first-order valence-corrected chi connectivity index (χ1v) is 8.96. The maximum atomic E-state index is 5.61. The van der Waals surface area contributed by atoms with Gasteiger partial charge in [0.1, 0.15) is 0 Å². The third-order valence-corrected chi connectivity index (χ3v) is 5.67. The van der Waals surface area contributed by atoms with Crippen LogP contribution in [0.25, 0.3) is 0 Å². The van der Waals surface area contributed by atoms with Gasteiger partial charge in [-0.15, -0.1) is 0 Å². The molecule has 0 amide bonds. The fourth-order valence-corrected chi connectivity index (χ4v) is 4.02. The first-order valence-electron chi connectivity index (χ1n) is 8.96. The van der Waals surface area contributed by atoms with Crippen LogP contribution in [0.5, 0.6) is 0 Å². The second-order valence-corrected chi connectivity index (χ2v) is 8.31. The number of piperidine rings is 1. The van der Waals surface area contributed by atoms with E-state index in [4.69, 9.17) is 4.74 Å². The van der Waals surface area contributed by atoms with Crippen molar-refractivity contribution in [2.75, 3.05) is 45.9 Å². The van der Waals surface area contributed by atoms with Gasteiger partial charge in [0.25, 0.3) is 0 Å². The summed E-state index contributed by atoms with van der Waals surface area (Å²) in [7, 11) is 0. The largest absolute Gasteiger partial charge is 0.381 e. The molecule has 21 heavy (non-hydrogen) atoms. The van der Waals surface area contributed by atoms with E-state index in [0.717, 1.165) is 32.2 Å². The van der Waals surface area contributed by atoms with Crippen LogP contribution in [0.3, 0.4) is 0 Å². The van der Waals surface area contributed by atoms with Gasteiger partial charge in [0.15, 0.2) is 0 Å². The van der Waals surface area contributed by atoms with Crippen LogP contribution >= 0.6 is 0 Å². The average molecular weight is 296 g/mol. The molecule has 0 saturated carbocycles. The number of ether oxygens (including phenoxy) is 1. The summed E-state index contributed by atoms with van der Waals surface area (Å²) in [4.78, 5) is 2.73. The van der Waals surface area contributed by atoms with E-state index in [9.17, 15) is 0 Å². The van der Waals surface area contributed by atoms with Crippen molar-refractivity contribution in [2.24, 2.45) is 16.7 Å². The van der Waals surface area contributed by atoms with Gasteiger partial charge in [0.2, 0.25) is 0 Å². The minimum absolute atomic E-state index is 0.447. The Bertz CT molecular complexity index is 297. The summed E-state index contributed by atoms with van der Waals surface area (Å²) < 4.78 is 5.61. The highest BCUT2D eigenvalue weighted by molar-refractivity contribution is 4.89. The molecule has 2 heterocycles. The molecule has 2 aliphatic heterocycles. The standard InChI is InChI=1S/C18H36N2O/c1-5-19-14-18(8-12-21-13-9-18)15-20-10-6-16(7-11-20)17(2,3)4/h16,19H,5-15H2,1-4H3. The molecule has 124 valence electrons. The van der Waals surface area contributed by atoms with E-state index >= 15 is 0 Å². The average Bonchev–Trinajstić information content (AvgIpc) is 2.46. The second kappa shape index (κ2) is 7.43. The number of hydrogen-bond acceptors (Lipinski definition) is 3. The van der Waals surface area contributed by atoms with Crippen molar-refractivity contribution >= 4 is 0 Å². The van der Waals surface area contributed by atoms with E-state index in [1.165, 1.54) is 45.3 Å². The number of rotatable bonds is 5. The van der Waals surface area contributed by atoms with Crippen molar-refractivity contribution < 1.29 is 4.74 Å². The number of likely N-dealkylation sites (tertiary alicyclic amines) is 1. The smallest absolute Gasteiger partial charge is 0.0472 e. The van der Waals surface area contributed by atoms with Crippen molar-refractivity contribution in [1.82, 2.24) is 10.2 Å². The fourth-order valence-electron chi connectivity index (χ4n) is 4.02. The van der Waals surface area contributed by atoms with E-state index in [0.29, 0.717) is 10.8 Å². The van der Waals surface area contributed by atoms with Gasteiger partial charge in [0, 0.05) is 26.3 Å². The molecule has 0 atom stereocenters. The SMILES string of the molecule is CCNCC1(CN2CCC(C(C)(C)C)CC2)CCOCC1. The Morgan fingerprint density at radius 3 is 2.29 bits per heavy atom. The predicted molar refractivity (Wildman–Crippen MR) is 89.6 cm³/mol. The molecular weight excluding hydrogens is 260 g/mol. The molecule has 0 radical (unpaired) electrons. The van der Waals surface area contributed by atoms with E-state index in [2.05, 4.69) is 37.9 Å². The summed E-state index contributed by atoms with van der Waals surface area (Å²) in [5, 5.41) is 3.60. The van der Waals surface area contributed by atoms with Gasteiger partial charge in [-0.1, -0.05) is 27.7 Å². The molecule has 0 bridgehead atoms. The molecule has 2 fully saturated rings. The second-order valence-electron chi connectivity index (χ2n) is 8.31. The molecule has 2 rings (SSSR count). The molecular formula is C18H36N2O. The summed E-state index contributed by atoms with van der Waals surface area (Å²) in [5.74, 6) is 0.896. The van der Waals surface area contributed by atoms with Crippen molar-refractivity contribution in [3.05, 3.63) is 0 Å². The van der Waals surface area contributed by atoms with Crippen molar-refractivity contribution in [2.45, 2.75) is 53.4 Å². The molecule has 0 aromatic rings. The predicted octanol–water partition coefficient (Wildman–Crippen LogP) is 3.15. The minimum Gasteiger partial charge on any atom is -0.381 e. The molecule has 0 spiro atoms. The molecule has 2 aliphatic rings. The van der Waals surface area contributed by atoms with E-state index in [1.807, 2.05) is 0 Å². The van der Waals surface area contributed by atoms with E-state index in [-0.39, 0.29) is 0 Å². The Morgan fingerprint density at radius 1 is 1.14 bits per heavy atom. The van der Waals surface area contributed by atoms with E-state index in [1.54, 1.807) is 0 Å². The zero-order chi connectivity index (χ0) is 15.3. The molecule has 0 aliphatic carbocycles. The van der Waals surface area contributed by atoms with Gasteiger partial charge in [-0.05, 0) is 62.1 Å². The third-order valence-electron chi connectivity index (χ3n) is 5.67. The fraction of sp³-hybridized carbons (Fsp3) is 1.00. The zero-order valence-corrected chi connectivity index (χ0v) is 14.7. The number of nitrogens with one attached hydrogen (secondary N) is 1. The molecule has 1 N–H and O–H groups in total. The number of hydrogen-bond donors (Lipinski definition) is 1. The Morgan fingerprint density at radius 2 is 1.76 bits per heavy atom. The summed E-state index contributed by atoms with van der Waals surface area (Å²) >= 11 is 0. The Labute approximate surface area is 131 Å². The lowest BCUT2D eigenvalue weighted by Crippen LogP contribution is -2.49. The highest BCUT2D eigenvalue weighted by atomic mass is 16.5. The van der Waals surface area contributed by atoms with Gasteiger partial charge in [0.05, 0.1) is 0 Å². The van der Waals surface area contributed by atoms with Gasteiger partial charge in [-0.25, -0.2) is 0 Å². The van der Waals surface area contributed by atoms with E-state index < -0.39 is 0 Å². The van der Waals surface area contributed by atoms with Crippen molar-refractivity contribution in [3.63, 3.8) is 0 Å². The summed E-state index contributed by atoms with van der Waals surface area (Å²) in [6.45, 7) is 17.4. The van der Waals surface area contributed by atoms with Crippen LogP contribution in [0.1, 0.15) is 53.4 Å². The quantitative estimate of drug-likeness (QED) is 0.843. The monoisotopic (exact) mass is 296 g/mol. The maximum Gasteiger partial charge on any atom is 0.0472 e. The summed E-state index contributed by atoms with van der Waals surface area (Å²) in [6.07, 6.45) is 5.19. The van der Waals surface area contributed by atoms with Crippen LogP contribution in [-0.4, -0.2) is 50.8 Å². The lowest BCUT2D eigenvalue weighted by atomic mass is 9.74. The van der Waals surface area contributed by atoms with Gasteiger partial charge < -0.3 is 15.0 Å². The molecule has 2 saturated heterocycles. The van der Waals surface area contributed by atoms with Crippen molar-refractivity contribution in [1.29, 1.82) is 0 Å².